The lowest BCUT2D eigenvalue weighted by molar-refractivity contribution is 0.151. The van der Waals surface area contributed by atoms with Gasteiger partial charge in [-0.2, -0.15) is 0 Å². The van der Waals surface area contributed by atoms with Gasteiger partial charge in [0.25, 0.3) is 6.43 Å². The van der Waals surface area contributed by atoms with E-state index in [1.807, 2.05) is 0 Å². The predicted octanol–water partition coefficient (Wildman–Crippen LogP) is 2.25. The van der Waals surface area contributed by atoms with Gasteiger partial charge in [-0.15, -0.1) is 15.3 Å². The molecule has 0 aliphatic heterocycles. The Morgan fingerprint density at radius 2 is 1.89 bits per heavy atom. The molecule has 2 aromatic heterocycles. The molecule has 0 aliphatic rings. The molecular formula is C17H19F2N7O. The summed E-state index contributed by atoms with van der Waals surface area (Å²) in [7, 11) is 0. The number of nitrogens with zero attached hydrogens (tertiary/aromatic N) is 5. The average molecular weight is 375 g/mol. The van der Waals surface area contributed by atoms with Crippen LogP contribution >= 0.6 is 0 Å². The minimum atomic E-state index is -2.51. The molecule has 2 heterocycles. The SMILES string of the molecule is Cc1nnn(-c2ccc(C(F)F)cc2)c1COc1ccc(NCCN)nn1. The van der Waals surface area contributed by atoms with Crippen molar-refractivity contribution in [2.45, 2.75) is 20.0 Å². The van der Waals surface area contributed by atoms with E-state index < -0.39 is 6.43 Å². The lowest BCUT2D eigenvalue weighted by atomic mass is 10.2. The molecule has 0 fully saturated rings. The van der Waals surface area contributed by atoms with E-state index in [-0.39, 0.29) is 12.2 Å². The third-order valence-electron chi connectivity index (χ3n) is 3.79. The molecule has 0 saturated carbocycles. The fourth-order valence-electron chi connectivity index (χ4n) is 2.34. The maximum Gasteiger partial charge on any atom is 0.263 e. The molecule has 1 aromatic carbocycles. The van der Waals surface area contributed by atoms with E-state index >= 15 is 0 Å². The lowest BCUT2D eigenvalue weighted by Crippen LogP contribution is -2.14. The molecule has 27 heavy (non-hydrogen) atoms. The van der Waals surface area contributed by atoms with Gasteiger partial charge in [0.2, 0.25) is 5.88 Å². The molecule has 0 aliphatic carbocycles. The zero-order chi connectivity index (χ0) is 19.2. The van der Waals surface area contributed by atoms with Crippen molar-refractivity contribution in [3.63, 3.8) is 0 Å². The molecular weight excluding hydrogens is 356 g/mol. The maximum atomic E-state index is 12.7. The summed E-state index contributed by atoms with van der Waals surface area (Å²) in [6.45, 7) is 3.04. The van der Waals surface area contributed by atoms with Crippen molar-refractivity contribution in [1.82, 2.24) is 25.2 Å². The minimum absolute atomic E-state index is 0.0491. The number of alkyl halides is 2. The van der Waals surface area contributed by atoms with Crippen LogP contribution in [0.25, 0.3) is 5.69 Å². The highest BCUT2D eigenvalue weighted by Crippen LogP contribution is 2.21. The predicted molar refractivity (Wildman–Crippen MR) is 95.0 cm³/mol. The van der Waals surface area contributed by atoms with Crippen LogP contribution in [0.1, 0.15) is 23.4 Å². The van der Waals surface area contributed by atoms with Crippen LogP contribution in [0.4, 0.5) is 14.6 Å². The van der Waals surface area contributed by atoms with Crippen molar-refractivity contribution in [2.24, 2.45) is 5.73 Å². The third-order valence-corrected chi connectivity index (χ3v) is 3.79. The Hall–Kier alpha value is -3.14. The highest BCUT2D eigenvalue weighted by Gasteiger charge is 2.14. The van der Waals surface area contributed by atoms with Gasteiger partial charge in [0.05, 0.1) is 11.4 Å². The molecule has 0 atom stereocenters. The number of nitrogens with one attached hydrogen (secondary N) is 1. The molecule has 0 radical (unpaired) electrons. The Labute approximate surface area is 154 Å². The topological polar surface area (TPSA) is 104 Å². The summed E-state index contributed by atoms with van der Waals surface area (Å²) >= 11 is 0. The monoisotopic (exact) mass is 375 g/mol. The fourth-order valence-corrected chi connectivity index (χ4v) is 2.34. The highest BCUT2D eigenvalue weighted by atomic mass is 19.3. The van der Waals surface area contributed by atoms with E-state index in [9.17, 15) is 8.78 Å². The van der Waals surface area contributed by atoms with Crippen LogP contribution in [-0.2, 0) is 6.61 Å². The summed E-state index contributed by atoms with van der Waals surface area (Å²) in [5.74, 6) is 0.948. The smallest absolute Gasteiger partial charge is 0.263 e. The second-order valence-electron chi connectivity index (χ2n) is 5.69. The van der Waals surface area contributed by atoms with Gasteiger partial charge in [-0.3, -0.25) is 0 Å². The van der Waals surface area contributed by atoms with Crippen LogP contribution in [0.15, 0.2) is 36.4 Å². The maximum absolute atomic E-state index is 12.7. The molecule has 3 N–H and O–H groups in total. The molecule has 0 saturated heterocycles. The van der Waals surface area contributed by atoms with E-state index in [2.05, 4.69) is 25.8 Å². The first-order chi connectivity index (χ1) is 13.1. The summed E-state index contributed by atoms with van der Waals surface area (Å²) in [6, 6.07) is 9.28. The van der Waals surface area contributed by atoms with Gasteiger partial charge in [0.15, 0.2) is 0 Å². The van der Waals surface area contributed by atoms with Gasteiger partial charge in [-0.25, -0.2) is 13.5 Å². The van der Waals surface area contributed by atoms with Crippen molar-refractivity contribution in [3.8, 4) is 11.6 Å². The first kappa shape index (κ1) is 18.6. The number of aryl methyl sites for hydroxylation is 1. The second-order valence-corrected chi connectivity index (χ2v) is 5.69. The Morgan fingerprint density at radius 3 is 2.52 bits per heavy atom. The van der Waals surface area contributed by atoms with Gasteiger partial charge in [0, 0.05) is 24.7 Å². The number of aromatic nitrogens is 5. The summed E-state index contributed by atoms with van der Waals surface area (Å²) < 4.78 is 32.6. The summed E-state index contributed by atoms with van der Waals surface area (Å²) in [4.78, 5) is 0. The number of rotatable bonds is 8. The van der Waals surface area contributed by atoms with Gasteiger partial charge in [0.1, 0.15) is 18.1 Å². The van der Waals surface area contributed by atoms with Crippen molar-refractivity contribution in [2.75, 3.05) is 18.4 Å². The van der Waals surface area contributed by atoms with Crippen molar-refractivity contribution in [3.05, 3.63) is 53.3 Å². The minimum Gasteiger partial charge on any atom is -0.470 e. The molecule has 10 heteroatoms. The third kappa shape index (κ3) is 4.53. The molecule has 0 amide bonds. The number of ether oxygens (including phenoxy) is 1. The van der Waals surface area contributed by atoms with Crippen LogP contribution in [0.5, 0.6) is 5.88 Å². The zero-order valence-electron chi connectivity index (χ0n) is 14.6. The van der Waals surface area contributed by atoms with E-state index in [4.69, 9.17) is 10.5 Å². The van der Waals surface area contributed by atoms with E-state index in [0.717, 1.165) is 0 Å². The highest BCUT2D eigenvalue weighted by molar-refractivity contribution is 5.37. The van der Waals surface area contributed by atoms with E-state index in [0.29, 0.717) is 41.9 Å². The fraction of sp³-hybridized carbons (Fsp3) is 0.294. The van der Waals surface area contributed by atoms with Crippen LogP contribution < -0.4 is 15.8 Å². The van der Waals surface area contributed by atoms with Crippen molar-refractivity contribution in [1.29, 1.82) is 0 Å². The van der Waals surface area contributed by atoms with Crippen molar-refractivity contribution >= 4 is 5.82 Å². The first-order valence-electron chi connectivity index (χ1n) is 8.28. The standard InChI is InChI=1S/C17H19F2N7O/c1-11-14(10-27-16-7-6-15(23-24-16)21-9-8-20)26(25-22-11)13-4-2-12(3-5-13)17(18)19/h2-7,17H,8-10,20H2,1H3,(H,21,23). The Morgan fingerprint density at radius 1 is 1.11 bits per heavy atom. The number of hydrogen-bond donors (Lipinski definition) is 2. The molecule has 3 rings (SSSR count). The zero-order valence-corrected chi connectivity index (χ0v) is 14.6. The van der Waals surface area contributed by atoms with Crippen LogP contribution in [0.3, 0.4) is 0 Å². The molecule has 3 aromatic rings. The average Bonchev–Trinajstić information content (AvgIpc) is 3.06. The van der Waals surface area contributed by atoms with Crippen LogP contribution in [-0.4, -0.2) is 38.3 Å². The van der Waals surface area contributed by atoms with Crippen molar-refractivity contribution < 1.29 is 13.5 Å². The number of nitrogens with two attached hydrogens (primary N) is 1. The number of hydrogen-bond acceptors (Lipinski definition) is 7. The summed E-state index contributed by atoms with van der Waals surface area (Å²) in [6.07, 6.45) is -2.51. The second kappa shape index (κ2) is 8.49. The van der Waals surface area contributed by atoms with E-state index in [1.54, 1.807) is 35.9 Å². The molecule has 0 spiro atoms. The summed E-state index contributed by atoms with van der Waals surface area (Å²) in [5, 5.41) is 19.1. The van der Waals surface area contributed by atoms with E-state index in [1.165, 1.54) is 12.1 Å². The Bertz CT molecular complexity index is 866. The Balaban J connectivity index is 1.71. The normalized spacial score (nSPS) is 11.0. The summed E-state index contributed by atoms with van der Waals surface area (Å²) in [5.41, 5.74) is 7.34. The van der Waals surface area contributed by atoms with Crippen LogP contribution in [0.2, 0.25) is 0 Å². The van der Waals surface area contributed by atoms with Crippen LogP contribution in [0, 0.1) is 6.92 Å². The van der Waals surface area contributed by atoms with Gasteiger partial charge >= 0.3 is 0 Å². The lowest BCUT2D eigenvalue weighted by Gasteiger charge is -2.09. The first-order valence-corrected chi connectivity index (χ1v) is 8.28. The Kier molecular flexibility index (Phi) is 5.87. The number of halogens is 2. The number of anilines is 1. The number of benzene rings is 1. The van der Waals surface area contributed by atoms with Gasteiger partial charge in [-0.05, 0) is 25.1 Å². The molecule has 0 unspecified atom stereocenters. The largest absolute Gasteiger partial charge is 0.470 e. The molecule has 0 bridgehead atoms. The van der Waals surface area contributed by atoms with Gasteiger partial charge < -0.3 is 15.8 Å². The van der Waals surface area contributed by atoms with Gasteiger partial charge in [-0.1, -0.05) is 17.3 Å². The molecule has 142 valence electrons. The quantitative estimate of drug-likeness (QED) is 0.622. The molecule has 8 nitrogen and oxygen atoms in total.